The monoisotopic (exact) mass is 200 g/mol. The van der Waals surface area contributed by atoms with Gasteiger partial charge in [-0.25, -0.2) is 9.97 Å². The summed E-state index contributed by atoms with van der Waals surface area (Å²) in [5.74, 6) is 0.619. The first kappa shape index (κ1) is 9.45. The van der Waals surface area contributed by atoms with E-state index in [4.69, 9.17) is 0 Å². The van der Waals surface area contributed by atoms with Crippen LogP contribution in [0, 0.1) is 0 Å². The molecule has 2 N–H and O–H groups in total. The van der Waals surface area contributed by atoms with Crippen LogP contribution in [0.2, 0.25) is 0 Å². The molecule has 0 fully saturated rings. The SMILES string of the molecule is CNc1ncc(Nc2ccccc2)cn1. The minimum atomic E-state index is 0.619. The maximum atomic E-state index is 4.11. The highest BCUT2D eigenvalue weighted by Gasteiger charge is 1.95. The number of hydrogen-bond acceptors (Lipinski definition) is 4. The largest absolute Gasteiger partial charge is 0.357 e. The zero-order valence-electron chi connectivity index (χ0n) is 8.44. The average Bonchev–Trinajstić information content (AvgIpc) is 2.31. The molecule has 0 bridgehead atoms. The molecule has 0 saturated heterocycles. The van der Waals surface area contributed by atoms with Crippen molar-refractivity contribution < 1.29 is 0 Å². The Bertz CT molecular complexity index is 410. The second kappa shape index (κ2) is 4.41. The third-order valence-electron chi connectivity index (χ3n) is 1.94. The molecule has 1 aromatic carbocycles. The molecule has 2 rings (SSSR count). The second-order valence-corrected chi connectivity index (χ2v) is 3.04. The predicted octanol–water partition coefficient (Wildman–Crippen LogP) is 2.26. The van der Waals surface area contributed by atoms with E-state index in [1.165, 1.54) is 0 Å². The van der Waals surface area contributed by atoms with Crippen molar-refractivity contribution in [2.75, 3.05) is 17.7 Å². The third-order valence-corrected chi connectivity index (χ3v) is 1.94. The van der Waals surface area contributed by atoms with Gasteiger partial charge in [0.15, 0.2) is 0 Å². The molecule has 0 radical (unpaired) electrons. The molecule has 1 aromatic heterocycles. The molecule has 0 aliphatic carbocycles. The molecule has 0 aliphatic rings. The highest BCUT2D eigenvalue weighted by Crippen LogP contribution is 2.14. The van der Waals surface area contributed by atoms with Crippen LogP contribution in [-0.4, -0.2) is 17.0 Å². The van der Waals surface area contributed by atoms with Crippen LogP contribution in [-0.2, 0) is 0 Å². The lowest BCUT2D eigenvalue weighted by molar-refractivity contribution is 1.15. The Morgan fingerprint density at radius 1 is 0.933 bits per heavy atom. The van der Waals surface area contributed by atoms with E-state index in [0.29, 0.717) is 5.95 Å². The Balaban J connectivity index is 2.11. The molecule has 4 nitrogen and oxygen atoms in total. The molecule has 0 aliphatic heterocycles. The fourth-order valence-corrected chi connectivity index (χ4v) is 1.21. The first-order valence-electron chi connectivity index (χ1n) is 4.70. The maximum absolute atomic E-state index is 4.11. The number of nitrogens with zero attached hydrogens (tertiary/aromatic N) is 2. The van der Waals surface area contributed by atoms with Crippen molar-refractivity contribution >= 4 is 17.3 Å². The number of aromatic nitrogens is 2. The van der Waals surface area contributed by atoms with Gasteiger partial charge in [0, 0.05) is 12.7 Å². The van der Waals surface area contributed by atoms with Crippen molar-refractivity contribution in [3.8, 4) is 0 Å². The summed E-state index contributed by atoms with van der Waals surface area (Å²) in [5, 5.41) is 6.07. The van der Waals surface area contributed by atoms with Crippen molar-refractivity contribution in [2.45, 2.75) is 0 Å². The first-order chi connectivity index (χ1) is 7.38. The summed E-state index contributed by atoms with van der Waals surface area (Å²) < 4.78 is 0. The predicted molar refractivity (Wildman–Crippen MR) is 61.3 cm³/mol. The van der Waals surface area contributed by atoms with Crippen LogP contribution in [0.5, 0.6) is 0 Å². The van der Waals surface area contributed by atoms with Crippen LogP contribution in [0.3, 0.4) is 0 Å². The molecule has 0 saturated carbocycles. The van der Waals surface area contributed by atoms with Crippen LogP contribution in [0.4, 0.5) is 17.3 Å². The number of para-hydroxylation sites is 1. The first-order valence-corrected chi connectivity index (χ1v) is 4.70. The van der Waals surface area contributed by atoms with Gasteiger partial charge in [-0.3, -0.25) is 0 Å². The van der Waals surface area contributed by atoms with Gasteiger partial charge in [-0.15, -0.1) is 0 Å². The van der Waals surface area contributed by atoms with Crippen molar-refractivity contribution in [3.05, 3.63) is 42.7 Å². The van der Waals surface area contributed by atoms with E-state index < -0.39 is 0 Å². The number of nitrogens with one attached hydrogen (secondary N) is 2. The van der Waals surface area contributed by atoms with E-state index in [1.807, 2.05) is 30.3 Å². The molecule has 0 amide bonds. The van der Waals surface area contributed by atoms with E-state index in [9.17, 15) is 0 Å². The fraction of sp³-hybridized carbons (Fsp3) is 0.0909. The Hall–Kier alpha value is -2.10. The van der Waals surface area contributed by atoms with Gasteiger partial charge in [0.1, 0.15) is 0 Å². The number of rotatable bonds is 3. The highest BCUT2D eigenvalue weighted by atomic mass is 15.1. The van der Waals surface area contributed by atoms with Crippen molar-refractivity contribution in [1.29, 1.82) is 0 Å². The summed E-state index contributed by atoms with van der Waals surface area (Å²) in [5.41, 5.74) is 1.90. The lowest BCUT2D eigenvalue weighted by Gasteiger charge is -2.05. The minimum Gasteiger partial charge on any atom is -0.357 e. The Kier molecular flexibility index (Phi) is 2.78. The molecule has 1 heterocycles. The quantitative estimate of drug-likeness (QED) is 0.798. The number of anilines is 3. The van der Waals surface area contributed by atoms with Gasteiger partial charge in [-0.05, 0) is 12.1 Å². The minimum absolute atomic E-state index is 0.619. The van der Waals surface area contributed by atoms with E-state index in [2.05, 4.69) is 20.6 Å². The zero-order valence-corrected chi connectivity index (χ0v) is 8.44. The van der Waals surface area contributed by atoms with Gasteiger partial charge in [0.05, 0.1) is 18.1 Å². The molecule has 76 valence electrons. The number of benzene rings is 1. The molecule has 2 aromatic rings. The van der Waals surface area contributed by atoms with Crippen molar-refractivity contribution in [3.63, 3.8) is 0 Å². The van der Waals surface area contributed by atoms with Crippen molar-refractivity contribution in [2.24, 2.45) is 0 Å². The average molecular weight is 200 g/mol. The molecular weight excluding hydrogens is 188 g/mol. The van der Waals surface area contributed by atoms with Gasteiger partial charge in [0.25, 0.3) is 0 Å². The van der Waals surface area contributed by atoms with E-state index >= 15 is 0 Å². The van der Waals surface area contributed by atoms with Crippen LogP contribution >= 0.6 is 0 Å². The second-order valence-electron chi connectivity index (χ2n) is 3.04. The summed E-state index contributed by atoms with van der Waals surface area (Å²) in [6.45, 7) is 0. The molecular formula is C11H12N4. The van der Waals surface area contributed by atoms with Gasteiger partial charge in [-0.2, -0.15) is 0 Å². The summed E-state index contributed by atoms with van der Waals surface area (Å²) >= 11 is 0. The summed E-state index contributed by atoms with van der Waals surface area (Å²) in [6.07, 6.45) is 3.48. The molecule has 4 heteroatoms. The van der Waals surface area contributed by atoms with Crippen LogP contribution in [0.25, 0.3) is 0 Å². The summed E-state index contributed by atoms with van der Waals surface area (Å²) in [7, 11) is 1.79. The van der Waals surface area contributed by atoms with Gasteiger partial charge >= 0.3 is 0 Å². The lowest BCUT2D eigenvalue weighted by Crippen LogP contribution is -1.97. The van der Waals surface area contributed by atoms with E-state index in [-0.39, 0.29) is 0 Å². The lowest BCUT2D eigenvalue weighted by atomic mass is 10.3. The smallest absolute Gasteiger partial charge is 0.222 e. The van der Waals surface area contributed by atoms with Crippen LogP contribution in [0.1, 0.15) is 0 Å². The van der Waals surface area contributed by atoms with Gasteiger partial charge in [-0.1, -0.05) is 18.2 Å². The molecule has 0 atom stereocenters. The normalized spacial score (nSPS) is 9.67. The van der Waals surface area contributed by atoms with E-state index in [0.717, 1.165) is 11.4 Å². The third kappa shape index (κ3) is 2.43. The Morgan fingerprint density at radius 3 is 2.20 bits per heavy atom. The van der Waals surface area contributed by atoms with Crippen molar-refractivity contribution in [1.82, 2.24) is 9.97 Å². The van der Waals surface area contributed by atoms with Crippen LogP contribution in [0.15, 0.2) is 42.7 Å². The maximum Gasteiger partial charge on any atom is 0.222 e. The molecule has 15 heavy (non-hydrogen) atoms. The highest BCUT2D eigenvalue weighted by molar-refractivity contribution is 5.57. The summed E-state index contributed by atoms with van der Waals surface area (Å²) in [4.78, 5) is 8.22. The van der Waals surface area contributed by atoms with Crippen LogP contribution < -0.4 is 10.6 Å². The van der Waals surface area contributed by atoms with E-state index in [1.54, 1.807) is 19.4 Å². The standard InChI is InChI=1S/C11H12N4/c1-12-11-13-7-10(8-14-11)15-9-5-3-2-4-6-9/h2-8,15H,1H3,(H,12,13,14). The summed E-state index contributed by atoms with van der Waals surface area (Å²) in [6, 6.07) is 9.92. The molecule has 0 spiro atoms. The van der Waals surface area contributed by atoms with Gasteiger partial charge < -0.3 is 10.6 Å². The Morgan fingerprint density at radius 2 is 1.60 bits per heavy atom. The van der Waals surface area contributed by atoms with Gasteiger partial charge in [0.2, 0.25) is 5.95 Å². The molecule has 0 unspecified atom stereocenters. The Labute approximate surface area is 88.4 Å². The fourth-order valence-electron chi connectivity index (χ4n) is 1.21. The number of hydrogen-bond donors (Lipinski definition) is 2. The zero-order chi connectivity index (χ0) is 10.5. The topological polar surface area (TPSA) is 49.8 Å².